The van der Waals surface area contributed by atoms with Crippen LogP contribution in [-0.4, -0.2) is 41.1 Å². The summed E-state index contributed by atoms with van der Waals surface area (Å²) in [6.45, 7) is 1.29. The SMILES string of the molecule is O=C(O)CC1CCCN1C(=O)NCC1Cc2ccccc21. The summed E-state index contributed by atoms with van der Waals surface area (Å²) in [7, 11) is 0. The van der Waals surface area contributed by atoms with Crippen LogP contribution in [0.25, 0.3) is 0 Å². The monoisotopic (exact) mass is 288 g/mol. The number of benzene rings is 1. The maximum atomic E-state index is 12.2. The topological polar surface area (TPSA) is 69.6 Å². The molecule has 1 heterocycles. The molecule has 2 aliphatic rings. The first-order valence-corrected chi connectivity index (χ1v) is 7.49. The fourth-order valence-electron chi connectivity index (χ4n) is 3.37. The Kier molecular flexibility index (Phi) is 3.82. The molecule has 1 saturated heterocycles. The third-order valence-electron chi connectivity index (χ3n) is 4.51. The van der Waals surface area contributed by atoms with Gasteiger partial charge >= 0.3 is 12.0 Å². The van der Waals surface area contributed by atoms with E-state index in [-0.39, 0.29) is 18.5 Å². The van der Waals surface area contributed by atoms with Crippen molar-refractivity contribution in [3.63, 3.8) is 0 Å². The van der Waals surface area contributed by atoms with Gasteiger partial charge in [0, 0.05) is 25.0 Å². The maximum Gasteiger partial charge on any atom is 0.317 e. The smallest absolute Gasteiger partial charge is 0.317 e. The van der Waals surface area contributed by atoms with Gasteiger partial charge in [-0.2, -0.15) is 0 Å². The molecule has 2 atom stereocenters. The van der Waals surface area contributed by atoms with Crippen LogP contribution in [0.5, 0.6) is 0 Å². The van der Waals surface area contributed by atoms with Gasteiger partial charge in [-0.1, -0.05) is 24.3 Å². The van der Waals surface area contributed by atoms with Gasteiger partial charge in [0.15, 0.2) is 0 Å². The highest BCUT2D eigenvalue weighted by Crippen LogP contribution is 2.34. The lowest BCUT2D eigenvalue weighted by Crippen LogP contribution is -2.45. The number of hydrogen-bond donors (Lipinski definition) is 2. The number of nitrogens with one attached hydrogen (secondary N) is 1. The largest absolute Gasteiger partial charge is 0.481 e. The quantitative estimate of drug-likeness (QED) is 0.890. The minimum Gasteiger partial charge on any atom is -0.481 e. The normalized spacial score (nSPS) is 23.3. The van der Waals surface area contributed by atoms with Crippen molar-refractivity contribution < 1.29 is 14.7 Å². The molecule has 21 heavy (non-hydrogen) atoms. The third-order valence-corrected chi connectivity index (χ3v) is 4.51. The van der Waals surface area contributed by atoms with Crippen LogP contribution in [0.15, 0.2) is 24.3 Å². The number of rotatable bonds is 4. The molecule has 0 radical (unpaired) electrons. The highest BCUT2D eigenvalue weighted by Gasteiger charge is 2.31. The van der Waals surface area contributed by atoms with Crippen molar-refractivity contribution >= 4 is 12.0 Å². The molecule has 1 aliphatic heterocycles. The van der Waals surface area contributed by atoms with E-state index in [1.807, 2.05) is 12.1 Å². The zero-order valence-electron chi connectivity index (χ0n) is 11.9. The molecule has 2 amide bonds. The van der Waals surface area contributed by atoms with E-state index in [2.05, 4.69) is 17.4 Å². The van der Waals surface area contributed by atoms with Gasteiger partial charge in [0.1, 0.15) is 0 Å². The fraction of sp³-hybridized carbons (Fsp3) is 0.500. The molecule has 0 saturated carbocycles. The van der Waals surface area contributed by atoms with Crippen LogP contribution in [0, 0.1) is 0 Å². The van der Waals surface area contributed by atoms with Crippen molar-refractivity contribution in [2.24, 2.45) is 0 Å². The Hall–Kier alpha value is -2.04. The predicted molar refractivity (Wildman–Crippen MR) is 78.3 cm³/mol. The molecule has 2 unspecified atom stereocenters. The number of carboxylic acids is 1. The minimum absolute atomic E-state index is 0.0414. The number of amides is 2. The molecule has 1 aromatic rings. The molecule has 1 aromatic carbocycles. The molecule has 0 aromatic heterocycles. The molecule has 3 rings (SSSR count). The van der Waals surface area contributed by atoms with Gasteiger partial charge in [-0.25, -0.2) is 4.79 Å². The molecule has 112 valence electrons. The van der Waals surface area contributed by atoms with E-state index in [1.165, 1.54) is 11.1 Å². The first-order chi connectivity index (χ1) is 10.1. The number of carbonyl (C=O) groups is 2. The average Bonchev–Trinajstić information content (AvgIpc) is 2.87. The lowest BCUT2D eigenvalue weighted by molar-refractivity contribution is -0.137. The summed E-state index contributed by atoms with van der Waals surface area (Å²) < 4.78 is 0. The van der Waals surface area contributed by atoms with Gasteiger partial charge in [0.25, 0.3) is 0 Å². The first-order valence-electron chi connectivity index (χ1n) is 7.49. The number of hydrogen-bond acceptors (Lipinski definition) is 2. The molecule has 0 spiro atoms. The van der Waals surface area contributed by atoms with Gasteiger partial charge in [-0.15, -0.1) is 0 Å². The van der Waals surface area contributed by atoms with E-state index in [0.717, 1.165) is 19.3 Å². The van der Waals surface area contributed by atoms with Gasteiger partial charge in [-0.05, 0) is 30.4 Å². The summed E-state index contributed by atoms with van der Waals surface area (Å²) in [5, 5.41) is 11.9. The van der Waals surface area contributed by atoms with Crippen LogP contribution in [0.4, 0.5) is 4.79 Å². The zero-order chi connectivity index (χ0) is 14.8. The summed E-state index contributed by atoms with van der Waals surface area (Å²) >= 11 is 0. The van der Waals surface area contributed by atoms with E-state index in [4.69, 9.17) is 5.11 Å². The van der Waals surface area contributed by atoms with Crippen LogP contribution in [0.3, 0.4) is 0 Å². The van der Waals surface area contributed by atoms with Crippen LogP contribution in [0.1, 0.15) is 36.3 Å². The van der Waals surface area contributed by atoms with Crippen LogP contribution >= 0.6 is 0 Å². The Bertz CT molecular complexity index is 558. The number of nitrogens with zero attached hydrogens (tertiary/aromatic N) is 1. The Balaban J connectivity index is 1.52. The molecule has 5 heteroatoms. The number of carbonyl (C=O) groups excluding carboxylic acids is 1. The van der Waals surface area contributed by atoms with E-state index in [1.54, 1.807) is 4.90 Å². The zero-order valence-corrected chi connectivity index (χ0v) is 11.9. The molecule has 0 bridgehead atoms. The summed E-state index contributed by atoms with van der Waals surface area (Å²) in [6.07, 6.45) is 2.72. The predicted octanol–water partition coefficient (Wildman–Crippen LogP) is 1.97. The second-order valence-electron chi connectivity index (χ2n) is 5.87. The van der Waals surface area contributed by atoms with Gasteiger partial charge in [0.2, 0.25) is 0 Å². The van der Waals surface area contributed by atoms with Crippen molar-refractivity contribution in [2.45, 2.75) is 37.6 Å². The van der Waals surface area contributed by atoms with Crippen molar-refractivity contribution in [3.05, 3.63) is 35.4 Å². The van der Waals surface area contributed by atoms with Crippen LogP contribution in [-0.2, 0) is 11.2 Å². The van der Waals surface area contributed by atoms with E-state index in [9.17, 15) is 9.59 Å². The van der Waals surface area contributed by atoms with Crippen LogP contribution in [0.2, 0.25) is 0 Å². The molecule has 1 fully saturated rings. The lowest BCUT2D eigenvalue weighted by Gasteiger charge is -2.31. The molecule has 5 nitrogen and oxygen atoms in total. The number of urea groups is 1. The Morgan fingerprint density at radius 3 is 2.90 bits per heavy atom. The number of likely N-dealkylation sites (tertiary alicyclic amines) is 1. The van der Waals surface area contributed by atoms with Crippen molar-refractivity contribution in [1.29, 1.82) is 0 Å². The summed E-state index contributed by atoms with van der Waals surface area (Å²) in [5.74, 6) is -0.446. The Labute approximate surface area is 123 Å². The highest BCUT2D eigenvalue weighted by atomic mass is 16.4. The third kappa shape index (κ3) is 2.86. The van der Waals surface area contributed by atoms with E-state index >= 15 is 0 Å². The first kappa shape index (κ1) is 13.9. The summed E-state index contributed by atoms with van der Waals surface area (Å²) in [5.41, 5.74) is 2.68. The highest BCUT2D eigenvalue weighted by molar-refractivity contribution is 5.76. The number of carboxylic acid groups (broad SMARTS) is 1. The minimum atomic E-state index is -0.840. The molecular weight excluding hydrogens is 268 g/mol. The lowest BCUT2D eigenvalue weighted by atomic mass is 9.78. The Morgan fingerprint density at radius 1 is 1.33 bits per heavy atom. The van der Waals surface area contributed by atoms with E-state index in [0.29, 0.717) is 19.0 Å². The van der Waals surface area contributed by atoms with Gasteiger partial charge < -0.3 is 15.3 Å². The summed E-state index contributed by atoms with van der Waals surface area (Å²) in [4.78, 5) is 24.7. The standard InChI is InChI=1S/C16H20N2O3/c19-15(20)9-13-5-3-7-18(13)16(21)17-10-12-8-11-4-1-2-6-14(11)12/h1-2,4,6,12-13H,3,5,7-10H2,(H,17,21)(H,19,20). The summed E-state index contributed by atoms with van der Waals surface area (Å²) in [6, 6.07) is 8.01. The van der Waals surface area contributed by atoms with Crippen molar-refractivity contribution in [1.82, 2.24) is 10.2 Å². The maximum absolute atomic E-state index is 12.2. The van der Waals surface area contributed by atoms with Crippen molar-refractivity contribution in [2.75, 3.05) is 13.1 Å². The van der Waals surface area contributed by atoms with Gasteiger partial charge in [-0.3, -0.25) is 4.79 Å². The van der Waals surface area contributed by atoms with Crippen molar-refractivity contribution in [3.8, 4) is 0 Å². The second kappa shape index (κ2) is 5.76. The Morgan fingerprint density at radius 2 is 2.14 bits per heavy atom. The fourth-order valence-corrected chi connectivity index (χ4v) is 3.37. The number of fused-ring (bicyclic) bond motifs is 1. The van der Waals surface area contributed by atoms with Crippen LogP contribution < -0.4 is 5.32 Å². The molecule has 1 aliphatic carbocycles. The van der Waals surface area contributed by atoms with E-state index < -0.39 is 5.97 Å². The molecular formula is C16H20N2O3. The number of aliphatic carboxylic acids is 1. The second-order valence-corrected chi connectivity index (χ2v) is 5.87. The average molecular weight is 288 g/mol. The molecule has 2 N–H and O–H groups in total. The van der Waals surface area contributed by atoms with Gasteiger partial charge in [0.05, 0.1) is 6.42 Å².